The fourth-order valence-electron chi connectivity index (χ4n) is 3.21. The second-order valence-electron chi connectivity index (χ2n) is 7.95. The summed E-state index contributed by atoms with van der Waals surface area (Å²) in [5, 5.41) is 0.404. The number of halogens is 1. The second kappa shape index (κ2) is 7.85. The maximum absolute atomic E-state index is 13.0. The van der Waals surface area contributed by atoms with Gasteiger partial charge in [-0.05, 0) is 35.2 Å². The molecule has 1 aliphatic rings. The summed E-state index contributed by atoms with van der Waals surface area (Å²) in [4.78, 5) is 14.6. The maximum Gasteiger partial charge on any atom is 0.255 e. The summed E-state index contributed by atoms with van der Waals surface area (Å²) in [6, 6.07) is 14.0. The number of hydrogen-bond donors (Lipinski definition) is 0. The third kappa shape index (κ3) is 4.24. The van der Waals surface area contributed by atoms with Gasteiger partial charge in [0.05, 0.1) is 15.5 Å². The lowest BCUT2D eigenvalue weighted by molar-refractivity contribution is 0.0698. The van der Waals surface area contributed by atoms with E-state index in [4.69, 9.17) is 11.6 Å². The van der Waals surface area contributed by atoms with Crippen molar-refractivity contribution >= 4 is 27.5 Å². The Hall–Kier alpha value is -1.89. The molecule has 0 saturated carbocycles. The fourth-order valence-corrected chi connectivity index (χ4v) is 4.85. The Morgan fingerprint density at radius 3 is 2.04 bits per heavy atom. The number of sulfonamides is 1. The zero-order valence-corrected chi connectivity index (χ0v) is 17.9. The van der Waals surface area contributed by atoms with E-state index in [1.165, 1.54) is 4.31 Å². The van der Waals surface area contributed by atoms with E-state index in [-0.39, 0.29) is 29.3 Å². The highest BCUT2D eigenvalue weighted by molar-refractivity contribution is 7.89. The average molecular weight is 421 g/mol. The number of hydrogen-bond acceptors (Lipinski definition) is 3. The monoisotopic (exact) mass is 420 g/mol. The predicted molar refractivity (Wildman–Crippen MR) is 111 cm³/mol. The normalized spacial score (nSPS) is 16.2. The van der Waals surface area contributed by atoms with Gasteiger partial charge in [-0.25, -0.2) is 8.42 Å². The van der Waals surface area contributed by atoms with Crippen LogP contribution in [0.25, 0.3) is 0 Å². The molecule has 1 amide bonds. The van der Waals surface area contributed by atoms with Crippen LogP contribution in [-0.4, -0.2) is 49.7 Å². The summed E-state index contributed by atoms with van der Waals surface area (Å²) < 4.78 is 27.3. The molecule has 1 fully saturated rings. The molecule has 1 heterocycles. The van der Waals surface area contributed by atoms with Crippen LogP contribution < -0.4 is 0 Å². The Labute approximate surface area is 172 Å². The Bertz CT molecular complexity index is 958. The highest BCUT2D eigenvalue weighted by Crippen LogP contribution is 2.25. The molecule has 3 rings (SSSR count). The Balaban J connectivity index is 1.70. The van der Waals surface area contributed by atoms with Crippen LogP contribution in [0.2, 0.25) is 5.02 Å². The number of nitrogens with zero attached hydrogens (tertiary/aromatic N) is 2. The van der Waals surface area contributed by atoms with Gasteiger partial charge < -0.3 is 4.90 Å². The van der Waals surface area contributed by atoms with Gasteiger partial charge in [0, 0.05) is 26.2 Å². The summed E-state index contributed by atoms with van der Waals surface area (Å²) in [5.41, 5.74) is 1.49. The van der Waals surface area contributed by atoms with Gasteiger partial charge in [0.1, 0.15) is 0 Å². The van der Waals surface area contributed by atoms with E-state index in [1.807, 2.05) is 12.1 Å². The molecule has 150 valence electrons. The van der Waals surface area contributed by atoms with Gasteiger partial charge in [-0.15, -0.1) is 0 Å². The Morgan fingerprint density at radius 2 is 1.50 bits per heavy atom. The van der Waals surface area contributed by atoms with E-state index in [2.05, 4.69) is 20.8 Å². The molecule has 2 aromatic carbocycles. The van der Waals surface area contributed by atoms with Gasteiger partial charge in [-0.3, -0.25) is 4.79 Å². The van der Waals surface area contributed by atoms with Gasteiger partial charge in [-0.2, -0.15) is 4.31 Å². The average Bonchev–Trinajstić information content (AvgIpc) is 2.67. The molecule has 0 aliphatic carbocycles. The minimum Gasteiger partial charge on any atom is -0.336 e. The molecule has 7 heteroatoms. The number of rotatable bonds is 3. The first-order valence-corrected chi connectivity index (χ1v) is 11.1. The summed E-state index contributed by atoms with van der Waals surface area (Å²) >= 11 is 6.11. The standard InChI is InChI=1S/C21H25ClN2O3S/c1-21(2,3)16-8-10-17(11-9-16)28(26,27)24-14-12-23(13-15-24)20(25)18-6-4-5-7-19(18)22/h4-11H,12-15H2,1-3H3. The van der Waals surface area contributed by atoms with Crippen molar-refractivity contribution in [1.82, 2.24) is 9.21 Å². The Kier molecular flexibility index (Phi) is 5.84. The Morgan fingerprint density at radius 1 is 0.929 bits per heavy atom. The number of amides is 1. The van der Waals surface area contributed by atoms with E-state index in [9.17, 15) is 13.2 Å². The third-order valence-electron chi connectivity index (χ3n) is 4.99. The molecule has 0 N–H and O–H groups in total. The van der Waals surface area contributed by atoms with E-state index >= 15 is 0 Å². The number of piperazine rings is 1. The molecule has 2 aromatic rings. The first kappa shape index (κ1) is 20.8. The van der Waals surface area contributed by atoms with Crippen molar-refractivity contribution in [2.24, 2.45) is 0 Å². The topological polar surface area (TPSA) is 57.7 Å². The van der Waals surface area contributed by atoms with Crippen molar-refractivity contribution < 1.29 is 13.2 Å². The predicted octanol–water partition coefficient (Wildman–Crippen LogP) is 3.78. The van der Waals surface area contributed by atoms with E-state index < -0.39 is 10.0 Å². The maximum atomic E-state index is 13.0. The minimum atomic E-state index is -3.58. The molecular weight excluding hydrogens is 396 g/mol. The largest absolute Gasteiger partial charge is 0.336 e. The highest BCUT2D eigenvalue weighted by atomic mass is 35.5. The van der Waals surface area contributed by atoms with Crippen molar-refractivity contribution in [3.05, 3.63) is 64.7 Å². The van der Waals surface area contributed by atoms with Crippen LogP contribution in [0.1, 0.15) is 36.7 Å². The second-order valence-corrected chi connectivity index (χ2v) is 10.3. The van der Waals surface area contributed by atoms with Gasteiger partial charge in [0.25, 0.3) is 5.91 Å². The highest BCUT2D eigenvalue weighted by Gasteiger charge is 2.31. The van der Waals surface area contributed by atoms with Crippen LogP contribution in [-0.2, 0) is 15.4 Å². The molecule has 0 unspecified atom stereocenters. The van der Waals surface area contributed by atoms with Crippen LogP contribution in [0.15, 0.2) is 53.4 Å². The van der Waals surface area contributed by atoms with Crippen molar-refractivity contribution in [3.8, 4) is 0 Å². The molecular formula is C21H25ClN2O3S. The SMILES string of the molecule is CC(C)(C)c1ccc(S(=O)(=O)N2CCN(C(=O)c3ccccc3Cl)CC2)cc1. The smallest absolute Gasteiger partial charge is 0.255 e. The van der Waals surface area contributed by atoms with Crippen LogP contribution in [0.4, 0.5) is 0 Å². The summed E-state index contributed by atoms with van der Waals surface area (Å²) in [6.07, 6.45) is 0. The molecule has 0 bridgehead atoms. The van der Waals surface area contributed by atoms with Crippen LogP contribution in [0.5, 0.6) is 0 Å². The summed E-state index contributed by atoms with van der Waals surface area (Å²) in [7, 11) is -3.58. The first-order chi connectivity index (χ1) is 13.1. The lowest BCUT2D eigenvalue weighted by Crippen LogP contribution is -2.50. The van der Waals surface area contributed by atoms with Gasteiger partial charge in [0.15, 0.2) is 0 Å². The van der Waals surface area contributed by atoms with E-state index in [1.54, 1.807) is 41.3 Å². The zero-order chi connectivity index (χ0) is 20.5. The van der Waals surface area contributed by atoms with Gasteiger partial charge >= 0.3 is 0 Å². The van der Waals surface area contributed by atoms with Crippen LogP contribution in [0, 0.1) is 0 Å². The number of carbonyl (C=O) groups excluding carboxylic acids is 1. The molecule has 1 aliphatic heterocycles. The third-order valence-corrected chi connectivity index (χ3v) is 7.23. The van der Waals surface area contributed by atoms with Gasteiger partial charge in [0.2, 0.25) is 10.0 Å². The molecule has 0 spiro atoms. The molecule has 0 atom stereocenters. The summed E-state index contributed by atoms with van der Waals surface area (Å²) in [6.45, 7) is 7.47. The van der Waals surface area contributed by atoms with E-state index in [0.29, 0.717) is 23.7 Å². The van der Waals surface area contributed by atoms with Crippen molar-refractivity contribution in [1.29, 1.82) is 0 Å². The lowest BCUT2D eigenvalue weighted by atomic mass is 9.87. The van der Waals surface area contributed by atoms with E-state index in [0.717, 1.165) is 5.56 Å². The zero-order valence-electron chi connectivity index (χ0n) is 16.4. The molecule has 28 heavy (non-hydrogen) atoms. The van der Waals surface area contributed by atoms with Crippen molar-refractivity contribution in [2.45, 2.75) is 31.1 Å². The van der Waals surface area contributed by atoms with Crippen LogP contribution >= 0.6 is 11.6 Å². The summed E-state index contributed by atoms with van der Waals surface area (Å²) in [5.74, 6) is -0.169. The minimum absolute atomic E-state index is 0.0347. The molecule has 0 aromatic heterocycles. The first-order valence-electron chi connectivity index (χ1n) is 9.25. The van der Waals surface area contributed by atoms with Gasteiger partial charge in [-0.1, -0.05) is 56.6 Å². The quantitative estimate of drug-likeness (QED) is 0.759. The fraction of sp³-hybridized carbons (Fsp3) is 0.381. The molecule has 0 radical (unpaired) electrons. The number of carbonyl (C=O) groups is 1. The lowest BCUT2D eigenvalue weighted by Gasteiger charge is -2.34. The van der Waals surface area contributed by atoms with Crippen molar-refractivity contribution in [2.75, 3.05) is 26.2 Å². The number of benzene rings is 2. The molecule has 1 saturated heterocycles. The van der Waals surface area contributed by atoms with Crippen LogP contribution in [0.3, 0.4) is 0 Å². The van der Waals surface area contributed by atoms with Crippen molar-refractivity contribution in [3.63, 3.8) is 0 Å². The molecule has 5 nitrogen and oxygen atoms in total.